The summed E-state index contributed by atoms with van der Waals surface area (Å²) in [6.07, 6.45) is 2.46. The zero-order chi connectivity index (χ0) is 12.1. The number of halogens is 1. The topological polar surface area (TPSA) is 42.2 Å². The van der Waals surface area contributed by atoms with Gasteiger partial charge < -0.3 is 9.73 Å². The van der Waals surface area contributed by atoms with E-state index in [0.717, 1.165) is 17.4 Å². The van der Waals surface area contributed by atoms with Crippen LogP contribution in [-0.2, 0) is 6.42 Å². The maximum atomic E-state index is 11.7. The molecular formula is C13H12BrNO2. The van der Waals surface area contributed by atoms with E-state index in [4.69, 9.17) is 4.42 Å². The second-order valence-electron chi connectivity index (χ2n) is 3.57. The number of benzene rings is 1. The Morgan fingerprint density at radius 2 is 2.00 bits per heavy atom. The van der Waals surface area contributed by atoms with Crippen molar-refractivity contribution in [1.29, 1.82) is 0 Å². The van der Waals surface area contributed by atoms with Gasteiger partial charge in [0.05, 0.1) is 6.26 Å². The third-order valence-electron chi connectivity index (χ3n) is 2.34. The predicted octanol–water partition coefficient (Wildman–Crippen LogP) is 3.47. The standard InChI is InChI=1S/C13H12BrNO2/c14-8-7-10-3-5-11(6-4-10)15-13(16)12-2-1-9-17-12/h1-6,9H,7-8H2,(H,15,16). The molecule has 0 spiro atoms. The Morgan fingerprint density at radius 1 is 1.24 bits per heavy atom. The zero-order valence-electron chi connectivity index (χ0n) is 9.15. The van der Waals surface area contributed by atoms with Crippen LogP contribution in [0.25, 0.3) is 0 Å². The molecule has 17 heavy (non-hydrogen) atoms. The van der Waals surface area contributed by atoms with E-state index >= 15 is 0 Å². The van der Waals surface area contributed by atoms with E-state index in [9.17, 15) is 4.79 Å². The van der Waals surface area contributed by atoms with E-state index in [1.165, 1.54) is 11.8 Å². The number of alkyl halides is 1. The minimum absolute atomic E-state index is 0.233. The quantitative estimate of drug-likeness (QED) is 0.877. The summed E-state index contributed by atoms with van der Waals surface area (Å²) in [4.78, 5) is 11.7. The van der Waals surface area contributed by atoms with Crippen molar-refractivity contribution in [3.05, 3.63) is 54.0 Å². The highest BCUT2D eigenvalue weighted by atomic mass is 79.9. The number of hydrogen-bond acceptors (Lipinski definition) is 2. The largest absolute Gasteiger partial charge is 0.459 e. The maximum absolute atomic E-state index is 11.7. The van der Waals surface area contributed by atoms with Gasteiger partial charge in [0.15, 0.2) is 5.76 Å². The van der Waals surface area contributed by atoms with Crippen LogP contribution in [0.5, 0.6) is 0 Å². The molecule has 0 aliphatic rings. The molecule has 0 aliphatic heterocycles. The lowest BCUT2D eigenvalue weighted by atomic mass is 10.1. The van der Waals surface area contributed by atoms with E-state index in [1.807, 2.05) is 24.3 Å². The third kappa shape index (κ3) is 3.20. The van der Waals surface area contributed by atoms with Gasteiger partial charge in [-0.15, -0.1) is 0 Å². The summed E-state index contributed by atoms with van der Waals surface area (Å²) in [6, 6.07) is 11.1. The number of carbonyl (C=O) groups excluding carboxylic acids is 1. The highest BCUT2D eigenvalue weighted by molar-refractivity contribution is 9.09. The predicted molar refractivity (Wildman–Crippen MR) is 70.6 cm³/mol. The lowest BCUT2D eigenvalue weighted by Crippen LogP contribution is -2.10. The van der Waals surface area contributed by atoms with Crippen LogP contribution in [0.1, 0.15) is 16.1 Å². The average molecular weight is 294 g/mol. The molecule has 1 N–H and O–H groups in total. The van der Waals surface area contributed by atoms with Gasteiger partial charge in [0, 0.05) is 11.0 Å². The summed E-state index contributed by atoms with van der Waals surface area (Å²) in [5.74, 6) is 0.0813. The SMILES string of the molecule is O=C(Nc1ccc(CCBr)cc1)c1ccco1. The fraction of sp³-hybridized carbons (Fsp3) is 0.154. The average Bonchev–Trinajstić information content (AvgIpc) is 2.86. The van der Waals surface area contributed by atoms with Crippen LogP contribution >= 0.6 is 15.9 Å². The number of hydrogen-bond donors (Lipinski definition) is 1. The number of nitrogens with one attached hydrogen (secondary N) is 1. The Kier molecular flexibility index (Phi) is 3.98. The highest BCUT2D eigenvalue weighted by Gasteiger charge is 2.07. The van der Waals surface area contributed by atoms with Crippen molar-refractivity contribution in [1.82, 2.24) is 0 Å². The second-order valence-corrected chi connectivity index (χ2v) is 4.36. The molecule has 0 atom stereocenters. The molecule has 2 aromatic rings. The van der Waals surface area contributed by atoms with Crippen LogP contribution in [-0.4, -0.2) is 11.2 Å². The van der Waals surface area contributed by atoms with Crippen LogP contribution in [0.4, 0.5) is 5.69 Å². The van der Waals surface area contributed by atoms with E-state index < -0.39 is 0 Å². The first-order valence-electron chi connectivity index (χ1n) is 5.29. The smallest absolute Gasteiger partial charge is 0.291 e. The van der Waals surface area contributed by atoms with Crippen molar-refractivity contribution < 1.29 is 9.21 Å². The van der Waals surface area contributed by atoms with Crippen molar-refractivity contribution in [3.63, 3.8) is 0 Å². The molecule has 1 aromatic heterocycles. The third-order valence-corrected chi connectivity index (χ3v) is 2.74. The van der Waals surface area contributed by atoms with Crippen LogP contribution in [0.3, 0.4) is 0 Å². The van der Waals surface area contributed by atoms with Crippen LogP contribution < -0.4 is 5.32 Å². The molecule has 1 heterocycles. The molecule has 1 aromatic carbocycles. The molecule has 0 saturated heterocycles. The molecule has 0 saturated carbocycles. The first kappa shape index (κ1) is 11.9. The number of aryl methyl sites for hydroxylation is 1. The maximum Gasteiger partial charge on any atom is 0.291 e. The van der Waals surface area contributed by atoms with Gasteiger partial charge in [-0.2, -0.15) is 0 Å². The number of carbonyl (C=O) groups is 1. The zero-order valence-corrected chi connectivity index (χ0v) is 10.7. The second kappa shape index (κ2) is 5.68. The number of furan rings is 1. The molecular weight excluding hydrogens is 282 g/mol. The lowest BCUT2D eigenvalue weighted by molar-refractivity contribution is 0.0996. The van der Waals surface area contributed by atoms with Crippen molar-refractivity contribution in [2.75, 3.05) is 10.6 Å². The molecule has 0 fully saturated rings. The Balaban J connectivity index is 2.01. The monoisotopic (exact) mass is 293 g/mol. The van der Waals surface area contributed by atoms with Gasteiger partial charge in [0.25, 0.3) is 5.91 Å². The van der Waals surface area contributed by atoms with Gasteiger partial charge in [-0.05, 0) is 36.2 Å². The molecule has 2 rings (SSSR count). The number of rotatable bonds is 4. The van der Waals surface area contributed by atoms with Gasteiger partial charge >= 0.3 is 0 Å². The van der Waals surface area contributed by atoms with Gasteiger partial charge in [0.2, 0.25) is 0 Å². The van der Waals surface area contributed by atoms with Crippen LogP contribution in [0.2, 0.25) is 0 Å². The van der Waals surface area contributed by atoms with E-state index in [2.05, 4.69) is 21.2 Å². The van der Waals surface area contributed by atoms with Crippen molar-refractivity contribution in [3.8, 4) is 0 Å². The molecule has 1 amide bonds. The summed E-state index contributed by atoms with van der Waals surface area (Å²) >= 11 is 3.39. The molecule has 4 heteroatoms. The summed E-state index contributed by atoms with van der Waals surface area (Å²) in [5, 5.41) is 3.70. The Labute approximate surface area is 108 Å². The van der Waals surface area contributed by atoms with E-state index in [-0.39, 0.29) is 5.91 Å². The molecule has 88 valence electrons. The van der Waals surface area contributed by atoms with Crippen LogP contribution in [0.15, 0.2) is 47.1 Å². The van der Waals surface area contributed by atoms with Gasteiger partial charge in [0.1, 0.15) is 0 Å². The normalized spacial score (nSPS) is 10.2. The van der Waals surface area contributed by atoms with Crippen LogP contribution in [0, 0.1) is 0 Å². The molecule has 0 radical (unpaired) electrons. The van der Waals surface area contributed by atoms with Crippen molar-refractivity contribution in [2.24, 2.45) is 0 Å². The fourth-order valence-corrected chi connectivity index (χ4v) is 1.92. The first-order valence-corrected chi connectivity index (χ1v) is 6.41. The molecule has 0 bridgehead atoms. The van der Waals surface area contributed by atoms with E-state index in [1.54, 1.807) is 12.1 Å². The minimum atomic E-state index is -0.233. The summed E-state index contributed by atoms with van der Waals surface area (Å²) < 4.78 is 5.01. The first-order chi connectivity index (χ1) is 8.29. The highest BCUT2D eigenvalue weighted by Crippen LogP contribution is 2.12. The number of anilines is 1. The van der Waals surface area contributed by atoms with E-state index in [0.29, 0.717) is 5.76 Å². The van der Waals surface area contributed by atoms with Gasteiger partial charge in [-0.1, -0.05) is 28.1 Å². The Morgan fingerprint density at radius 3 is 2.59 bits per heavy atom. The number of amides is 1. The molecule has 0 aliphatic carbocycles. The van der Waals surface area contributed by atoms with Crippen molar-refractivity contribution in [2.45, 2.75) is 6.42 Å². The Bertz CT molecular complexity index is 477. The van der Waals surface area contributed by atoms with Gasteiger partial charge in [-0.25, -0.2) is 0 Å². The van der Waals surface area contributed by atoms with Gasteiger partial charge in [-0.3, -0.25) is 4.79 Å². The molecule has 0 unspecified atom stereocenters. The summed E-state index contributed by atoms with van der Waals surface area (Å²) in [6.45, 7) is 0. The minimum Gasteiger partial charge on any atom is -0.459 e. The Hall–Kier alpha value is -1.55. The summed E-state index contributed by atoms with van der Waals surface area (Å²) in [5.41, 5.74) is 2.00. The summed E-state index contributed by atoms with van der Waals surface area (Å²) in [7, 11) is 0. The fourth-order valence-electron chi connectivity index (χ4n) is 1.46. The molecule has 3 nitrogen and oxygen atoms in total. The van der Waals surface area contributed by atoms with Crippen molar-refractivity contribution >= 4 is 27.5 Å². The lowest BCUT2D eigenvalue weighted by Gasteiger charge is -2.04.